The van der Waals surface area contributed by atoms with Crippen LogP contribution in [0.4, 0.5) is 0 Å². The van der Waals surface area contributed by atoms with Crippen LogP contribution < -0.4 is 10.6 Å². The number of amides is 2. The van der Waals surface area contributed by atoms with Crippen LogP contribution in [0.5, 0.6) is 0 Å². The van der Waals surface area contributed by atoms with Crippen molar-refractivity contribution in [2.75, 3.05) is 19.7 Å². The Balaban J connectivity index is 2.19. The van der Waals surface area contributed by atoms with E-state index in [2.05, 4.69) is 10.6 Å². The standard InChI is InChI=1S/C12H18N2O3S/c1-9(4-5-15)7-13-11(16)8-14-12(17)10-3-2-6-18-10/h2-3,6,9,15H,4-5,7-8H2,1H3,(H,13,16)(H,14,17). The molecule has 1 atom stereocenters. The van der Waals surface area contributed by atoms with Gasteiger partial charge in [0, 0.05) is 13.2 Å². The first-order chi connectivity index (χ1) is 8.63. The number of nitrogens with one attached hydrogen (secondary N) is 2. The summed E-state index contributed by atoms with van der Waals surface area (Å²) in [5.41, 5.74) is 0. The SMILES string of the molecule is CC(CCO)CNC(=O)CNC(=O)c1cccs1. The molecule has 1 aromatic heterocycles. The minimum Gasteiger partial charge on any atom is -0.396 e. The number of hydrogen-bond acceptors (Lipinski definition) is 4. The molecular weight excluding hydrogens is 252 g/mol. The molecule has 0 bridgehead atoms. The summed E-state index contributed by atoms with van der Waals surface area (Å²) in [5, 5.41) is 15.8. The fourth-order valence-corrected chi connectivity index (χ4v) is 1.97. The molecule has 5 nitrogen and oxygen atoms in total. The van der Waals surface area contributed by atoms with Gasteiger partial charge in [0.05, 0.1) is 11.4 Å². The highest BCUT2D eigenvalue weighted by Crippen LogP contribution is 2.07. The first-order valence-electron chi connectivity index (χ1n) is 5.82. The predicted octanol–water partition coefficient (Wildman–Crippen LogP) is 0.613. The van der Waals surface area contributed by atoms with E-state index in [0.29, 0.717) is 17.8 Å². The molecular formula is C12H18N2O3S. The molecule has 0 saturated heterocycles. The summed E-state index contributed by atoms with van der Waals surface area (Å²) in [5.74, 6) is -0.222. The first kappa shape index (κ1) is 14.7. The lowest BCUT2D eigenvalue weighted by molar-refractivity contribution is -0.120. The molecule has 0 fully saturated rings. The molecule has 0 aliphatic carbocycles. The number of thiophene rings is 1. The third-order valence-electron chi connectivity index (χ3n) is 2.42. The van der Waals surface area contributed by atoms with E-state index >= 15 is 0 Å². The fourth-order valence-electron chi connectivity index (χ4n) is 1.33. The van der Waals surface area contributed by atoms with Crippen LogP contribution >= 0.6 is 11.3 Å². The third-order valence-corrected chi connectivity index (χ3v) is 3.29. The summed E-state index contributed by atoms with van der Waals surface area (Å²) in [7, 11) is 0. The van der Waals surface area contributed by atoms with Gasteiger partial charge < -0.3 is 15.7 Å². The van der Waals surface area contributed by atoms with Gasteiger partial charge in [-0.2, -0.15) is 0 Å². The summed E-state index contributed by atoms with van der Waals surface area (Å²) >= 11 is 1.34. The van der Waals surface area contributed by atoms with E-state index in [4.69, 9.17) is 5.11 Å². The molecule has 0 spiro atoms. The molecule has 18 heavy (non-hydrogen) atoms. The molecule has 3 N–H and O–H groups in total. The van der Waals surface area contributed by atoms with Crippen LogP contribution in [-0.2, 0) is 4.79 Å². The van der Waals surface area contributed by atoms with Gasteiger partial charge in [0.2, 0.25) is 5.91 Å². The molecule has 1 unspecified atom stereocenters. The average molecular weight is 270 g/mol. The first-order valence-corrected chi connectivity index (χ1v) is 6.70. The van der Waals surface area contributed by atoms with E-state index in [-0.39, 0.29) is 30.9 Å². The van der Waals surface area contributed by atoms with Crippen LogP contribution in [0.15, 0.2) is 17.5 Å². The van der Waals surface area contributed by atoms with Crippen molar-refractivity contribution in [3.63, 3.8) is 0 Å². The Hall–Kier alpha value is -1.40. The maximum absolute atomic E-state index is 11.5. The Labute approximate surface area is 110 Å². The molecule has 1 rings (SSSR count). The second-order valence-electron chi connectivity index (χ2n) is 4.08. The van der Waals surface area contributed by atoms with Gasteiger partial charge in [-0.05, 0) is 23.8 Å². The maximum atomic E-state index is 11.5. The van der Waals surface area contributed by atoms with E-state index in [1.54, 1.807) is 12.1 Å². The zero-order valence-corrected chi connectivity index (χ0v) is 11.1. The van der Waals surface area contributed by atoms with Crippen molar-refractivity contribution in [1.82, 2.24) is 10.6 Å². The minimum absolute atomic E-state index is 0.0252. The molecule has 0 aliphatic rings. The van der Waals surface area contributed by atoms with Crippen molar-refractivity contribution in [3.8, 4) is 0 Å². The predicted molar refractivity (Wildman–Crippen MR) is 70.5 cm³/mol. The highest BCUT2D eigenvalue weighted by molar-refractivity contribution is 7.12. The molecule has 6 heteroatoms. The van der Waals surface area contributed by atoms with Gasteiger partial charge in [-0.25, -0.2) is 0 Å². The zero-order chi connectivity index (χ0) is 13.4. The fraction of sp³-hybridized carbons (Fsp3) is 0.500. The Morgan fingerprint density at radius 2 is 2.22 bits per heavy atom. The summed E-state index contributed by atoms with van der Waals surface area (Å²) in [6, 6.07) is 3.50. The van der Waals surface area contributed by atoms with Crippen LogP contribution in [0.2, 0.25) is 0 Å². The molecule has 0 radical (unpaired) electrons. The van der Waals surface area contributed by atoms with E-state index in [0.717, 1.165) is 0 Å². The zero-order valence-electron chi connectivity index (χ0n) is 10.3. The quantitative estimate of drug-likeness (QED) is 0.679. The van der Waals surface area contributed by atoms with Crippen molar-refractivity contribution in [3.05, 3.63) is 22.4 Å². The Morgan fingerprint density at radius 1 is 1.44 bits per heavy atom. The summed E-state index contributed by atoms with van der Waals surface area (Å²) in [6.07, 6.45) is 0.655. The number of hydrogen-bond donors (Lipinski definition) is 3. The third kappa shape index (κ3) is 5.29. The van der Waals surface area contributed by atoms with E-state index in [1.165, 1.54) is 11.3 Å². The Morgan fingerprint density at radius 3 is 2.83 bits per heavy atom. The lowest BCUT2D eigenvalue weighted by Gasteiger charge is -2.11. The molecule has 1 aromatic rings. The highest BCUT2D eigenvalue weighted by Gasteiger charge is 2.09. The van der Waals surface area contributed by atoms with Gasteiger partial charge in [0.15, 0.2) is 0 Å². The lowest BCUT2D eigenvalue weighted by atomic mass is 10.1. The smallest absolute Gasteiger partial charge is 0.261 e. The number of carbonyl (C=O) groups excluding carboxylic acids is 2. The Bertz CT molecular complexity index is 379. The van der Waals surface area contributed by atoms with Crippen molar-refractivity contribution in [2.24, 2.45) is 5.92 Å². The van der Waals surface area contributed by atoms with E-state index < -0.39 is 0 Å². The van der Waals surface area contributed by atoms with Crippen molar-refractivity contribution < 1.29 is 14.7 Å². The van der Waals surface area contributed by atoms with Crippen LogP contribution in [0.25, 0.3) is 0 Å². The molecule has 100 valence electrons. The second kappa shape index (κ2) is 7.84. The van der Waals surface area contributed by atoms with Crippen LogP contribution in [0.3, 0.4) is 0 Å². The van der Waals surface area contributed by atoms with Gasteiger partial charge in [-0.1, -0.05) is 13.0 Å². The van der Waals surface area contributed by atoms with Gasteiger partial charge in [0.1, 0.15) is 0 Å². The highest BCUT2D eigenvalue weighted by atomic mass is 32.1. The molecule has 0 saturated carbocycles. The largest absolute Gasteiger partial charge is 0.396 e. The van der Waals surface area contributed by atoms with Gasteiger partial charge in [0.25, 0.3) is 5.91 Å². The monoisotopic (exact) mass is 270 g/mol. The van der Waals surface area contributed by atoms with Gasteiger partial charge >= 0.3 is 0 Å². The number of aliphatic hydroxyl groups excluding tert-OH is 1. The van der Waals surface area contributed by atoms with Crippen LogP contribution in [0.1, 0.15) is 23.0 Å². The molecule has 1 heterocycles. The molecule has 0 aliphatic heterocycles. The summed E-state index contributed by atoms with van der Waals surface area (Å²) in [6.45, 7) is 2.55. The van der Waals surface area contributed by atoms with Gasteiger partial charge in [-0.3, -0.25) is 9.59 Å². The molecule has 2 amide bonds. The van der Waals surface area contributed by atoms with Crippen molar-refractivity contribution in [2.45, 2.75) is 13.3 Å². The number of carbonyl (C=O) groups is 2. The lowest BCUT2D eigenvalue weighted by Crippen LogP contribution is -2.38. The average Bonchev–Trinajstić information content (AvgIpc) is 2.87. The Kier molecular flexibility index (Phi) is 6.38. The normalized spacial score (nSPS) is 11.9. The summed E-state index contributed by atoms with van der Waals surface area (Å²) in [4.78, 5) is 23.6. The van der Waals surface area contributed by atoms with Crippen LogP contribution in [0, 0.1) is 5.92 Å². The second-order valence-corrected chi connectivity index (χ2v) is 5.03. The van der Waals surface area contributed by atoms with Crippen molar-refractivity contribution in [1.29, 1.82) is 0 Å². The topological polar surface area (TPSA) is 78.4 Å². The molecule has 0 aromatic carbocycles. The van der Waals surface area contributed by atoms with E-state index in [9.17, 15) is 9.59 Å². The van der Waals surface area contributed by atoms with E-state index in [1.807, 2.05) is 12.3 Å². The van der Waals surface area contributed by atoms with Crippen LogP contribution in [-0.4, -0.2) is 36.6 Å². The van der Waals surface area contributed by atoms with Crippen molar-refractivity contribution >= 4 is 23.2 Å². The number of rotatable bonds is 7. The number of aliphatic hydroxyl groups is 1. The minimum atomic E-state index is -0.233. The van der Waals surface area contributed by atoms with Gasteiger partial charge in [-0.15, -0.1) is 11.3 Å². The maximum Gasteiger partial charge on any atom is 0.261 e. The summed E-state index contributed by atoms with van der Waals surface area (Å²) < 4.78 is 0.